The van der Waals surface area contributed by atoms with E-state index in [4.69, 9.17) is 4.74 Å². The summed E-state index contributed by atoms with van der Waals surface area (Å²) in [5, 5.41) is 7.29. The molecule has 1 saturated carbocycles. The van der Waals surface area contributed by atoms with Crippen LogP contribution in [0.5, 0.6) is 5.75 Å². The van der Waals surface area contributed by atoms with E-state index in [0.717, 1.165) is 18.5 Å². The van der Waals surface area contributed by atoms with Crippen molar-refractivity contribution in [1.29, 1.82) is 0 Å². The highest BCUT2D eigenvalue weighted by Crippen LogP contribution is 2.42. The van der Waals surface area contributed by atoms with Crippen LogP contribution in [0.2, 0.25) is 0 Å². The second kappa shape index (κ2) is 6.42. The molecule has 2 aromatic rings. The number of rotatable bonds is 5. The van der Waals surface area contributed by atoms with E-state index in [2.05, 4.69) is 10.4 Å². The first kappa shape index (κ1) is 17.1. The molecule has 4 rings (SSSR count). The zero-order chi connectivity index (χ0) is 18.3. The number of amides is 1. The van der Waals surface area contributed by atoms with E-state index in [1.807, 2.05) is 6.07 Å². The number of carbonyl (C=O) groups excluding carboxylic acids is 1. The van der Waals surface area contributed by atoms with Crippen LogP contribution in [0, 0.1) is 0 Å². The molecular formula is C18H21N3O4S. The third-order valence-corrected chi connectivity index (χ3v) is 6.65. The van der Waals surface area contributed by atoms with Crippen molar-refractivity contribution in [2.75, 3.05) is 23.9 Å². The molecule has 138 valence electrons. The van der Waals surface area contributed by atoms with Crippen molar-refractivity contribution in [2.24, 2.45) is 0 Å². The highest BCUT2D eigenvalue weighted by atomic mass is 32.2. The molecule has 1 saturated heterocycles. The van der Waals surface area contributed by atoms with Gasteiger partial charge < -0.3 is 10.1 Å². The molecule has 2 aliphatic rings. The van der Waals surface area contributed by atoms with Gasteiger partial charge >= 0.3 is 0 Å². The maximum Gasteiger partial charge on any atom is 0.276 e. The largest absolute Gasteiger partial charge is 0.497 e. The lowest BCUT2D eigenvalue weighted by molar-refractivity contribution is 0.102. The molecule has 1 aliphatic heterocycles. The zero-order valence-corrected chi connectivity index (χ0v) is 15.3. The molecule has 2 fully saturated rings. The predicted octanol–water partition coefficient (Wildman–Crippen LogP) is 2.38. The first-order valence-electron chi connectivity index (χ1n) is 8.70. The molecule has 2 heterocycles. The van der Waals surface area contributed by atoms with Crippen LogP contribution in [0.4, 0.5) is 5.69 Å². The van der Waals surface area contributed by atoms with Gasteiger partial charge in [0.2, 0.25) is 0 Å². The average Bonchev–Trinajstić information content (AvgIpc) is 3.26. The molecular weight excluding hydrogens is 354 g/mol. The van der Waals surface area contributed by atoms with E-state index in [1.54, 1.807) is 36.1 Å². The van der Waals surface area contributed by atoms with Crippen molar-refractivity contribution in [2.45, 2.75) is 31.2 Å². The van der Waals surface area contributed by atoms with Crippen LogP contribution in [0.15, 0.2) is 30.3 Å². The third-order valence-electron chi connectivity index (χ3n) is 4.90. The van der Waals surface area contributed by atoms with Crippen LogP contribution in [0.3, 0.4) is 0 Å². The third kappa shape index (κ3) is 3.46. The summed E-state index contributed by atoms with van der Waals surface area (Å²) in [6.07, 6.45) is 2.68. The molecule has 1 amide bonds. The van der Waals surface area contributed by atoms with Gasteiger partial charge in [0.15, 0.2) is 15.5 Å². The summed E-state index contributed by atoms with van der Waals surface area (Å²) in [4.78, 5) is 12.6. The van der Waals surface area contributed by atoms with Gasteiger partial charge in [0.1, 0.15) is 5.75 Å². The molecule has 8 heteroatoms. The summed E-state index contributed by atoms with van der Waals surface area (Å²) in [5.41, 5.74) is 1.96. The van der Waals surface area contributed by atoms with Gasteiger partial charge in [-0.3, -0.25) is 9.48 Å². The molecule has 1 atom stereocenters. The number of nitrogens with zero attached hydrogens (tertiary/aromatic N) is 2. The van der Waals surface area contributed by atoms with E-state index >= 15 is 0 Å². The maximum atomic E-state index is 12.6. The Balaban J connectivity index is 1.56. The first-order chi connectivity index (χ1) is 12.4. The smallest absolute Gasteiger partial charge is 0.276 e. The highest BCUT2D eigenvalue weighted by Gasteiger charge is 2.36. The molecule has 1 N–H and O–H groups in total. The number of hydrogen-bond donors (Lipinski definition) is 1. The van der Waals surface area contributed by atoms with Crippen LogP contribution in [-0.4, -0.2) is 42.7 Å². The van der Waals surface area contributed by atoms with Crippen LogP contribution in [0.25, 0.3) is 0 Å². The maximum absolute atomic E-state index is 12.6. The minimum absolute atomic E-state index is 0.105. The number of methoxy groups -OCH3 is 1. The number of hydrogen-bond acceptors (Lipinski definition) is 5. The monoisotopic (exact) mass is 375 g/mol. The number of anilines is 1. The summed E-state index contributed by atoms with van der Waals surface area (Å²) in [7, 11) is -1.42. The van der Waals surface area contributed by atoms with E-state index in [-0.39, 0.29) is 23.5 Å². The van der Waals surface area contributed by atoms with Gasteiger partial charge in [0, 0.05) is 17.3 Å². The molecule has 0 unspecified atom stereocenters. The summed E-state index contributed by atoms with van der Waals surface area (Å²) in [6.45, 7) is 0. The van der Waals surface area contributed by atoms with Crippen molar-refractivity contribution in [1.82, 2.24) is 9.78 Å². The highest BCUT2D eigenvalue weighted by molar-refractivity contribution is 7.91. The Morgan fingerprint density at radius 3 is 2.54 bits per heavy atom. The number of sulfone groups is 1. The number of benzene rings is 1. The van der Waals surface area contributed by atoms with E-state index < -0.39 is 9.84 Å². The molecule has 1 aromatic carbocycles. The molecule has 1 aliphatic carbocycles. The molecule has 1 aromatic heterocycles. The fourth-order valence-corrected chi connectivity index (χ4v) is 5.03. The van der Waals surface area contributed by atoms with Crippen LogP contribution in [-0.2, 0) is 9.84 Å². The topological polar surface area (TPSA) is 90.3 Å². The van der Waals surface area contributed by atoms with Crippen LogP contribution in [0.1, 0.15) is 47.4 Å². The van der Waals surface area contributed by atoms with Gasteiger partial charge in [-0.15, -0.1) is 0 Å². The Hall–Kier alpha value is -2.35. The first-order valence-corrected chi connectivity index (χ1v) is 10.5. The Morgan fingerprint density at radius 2 is 1.96 bits per heavy atom. The summed E-state index contributed by atoms with van der Waals surface area (Å²) >= 11 is 0. The van der Waals surface area contributed by atoms with E-state index in [9.17, 15) is 13.2 Å². The van der Waals surface area contributed by atoms with Gasteiger partial charge in [-0.2, -0.15) is 5.10 Å². The number of ether oxygens (including phenoxy) is 1. The van der Waals surface area contributed by atoms with Gasteiger partial charge in [-0.05, 0) is 49.6 Å². The Labute approximate surface area is 152 Å². The summed E-state index contributed by atoms with van der Waals surface area (Å²) in [5.74, 6) is 1.10. The lowest BCUT2D eigenvalue weighted by Gasteiger charge is -2.12. The number of nitrogens with one attached hydrogen (secondary N) is 1. The van der Waals surface area contributed by atoms with Crippen LogP contribution >= 0.6 is 0 Å². The Morgan fingerprint density at radius 1 is 1.23 bits per heavy atom. The second-order valence-corrected chi connectivity index (χ2v) is 9.14. The molecule has 7 nitrogen and oxygen atoms in total. The van der Waals surface area contributed by atoms with Crippen molar-refractivity contribution >= 4 is 21.4 Å². The van der Waals surface area contributed by atoms with Crippen molar-refractivity contribution < 1.29 is 17.9 Å². The summed E-state index contributed by atoms with van der Waals surface area (Å²) in [6, 6.07) is 8.71. The lowest BCUT2D eigenvalue weighted by atomic mass is 10.2. The second-order valence-electron chi connectivity index (χ2n) is 6.91. The van der Waals surface area contributed by atoms with Gasteiger partial charge in [-0.1, -0.05) is 0 Å². The normalized spacial score (nSPS) is 21.5. The Bertz CT molecular complexity index is 930. The SMILES string of the molecule is COc1ccc(NC(=O)c2cc(C3CC3)n([C@@H]3CCS(=O)(=O)C3)n2)cc1. The standard InChI is InChI=1S/C18H21N3O4S/c1-25-15-6-4-13(5-7-15)19-18(22)16-10-17(12-2-3-12)21(20-16)14-8-9-26(23,24)11-14/h4-7,10,12,14H,2-3,8-9,11H2,1H3,(H,19,22)/t14-/m1/s1. The van der Waals surface area contributed by atoms with Crippen molar-refractivity contribution in [3.63, 3.8) is 0 Å². The minimum Gasteiger partial charge on any atom is -0.497 e. The fraction of sp³-hybridized carbons (Fsp3) is 0.444. The molecule has 0 bridgehead atoms. The average molecular weight is 375 g/mol. The lowest BCUT2D eigenvalue weighted by Crippen LogP contribution is -2.17. The van der Waals surface area contributed by atoms with Crippen molar-refractivity contribution in [3.8, 4) is 5.75 Å². The molecule has 0 radical (unpaired) electrons. The summed E-state index contributed by atoms with van der Waals surface area (Å²) < 4.78 is 30.5. The van der Waals surface area contributed by atoms with Crippen molar-refractivity contribution in [3.05, 3.63) is 41.7 Å². The van der Waals surface area contributed by atoms with Crippen LogP contribution < -0.4 is 10.1 Å². The minimum atomic E-state index is -3.01. The predicted molar refractivity (Wildman–Crippen MR) is 97.5 cm³/mol. The number of carbonyl (C=O) groups is 1. The fourth-order valence-electron chi connectivity index (χ4n) is 3.33. The van der Waals surface area contributed by atoms with Gasteiger partial charge in [-0.25, -0.2) is 8.42 Å². The molecule has 26 heavy (non-hydrogen) atoms. The van der Waals surface area contributed by atoms with Gasteiger partial charge in [0.25, 0.3) is 5.91 Å². The van der Waals surface area contributed by atoms with Gasteiger partial charge in [0.05, 0.1) is 24.7 Å². The molecule has 0 spiro atoms. The zero-order valence-electron chi connectivity index (χ0n) is 14.5. The number of aromatic nitrogens is 2. The van der Waals surface area contributed by atoms with E-state index in [1.165, 1.54) is 0 Å². The van der Waals surface area contributed by atoms with E-state index in [0.29, 0.717) is 29.5 Å². The quantitative estimate of drug-likeness (QED) is 0.866. The Kier molecular flexibility index (Phi) is 4.22.